The molecule has 1 aromatic carbocycles. The van der Waals surface area contributed by atoms with Gasteiger partial charge in [0.1, 0.15) is 5.75 Å². The number of aryl methyl sites for hydroxylation is 1. The molecular weight excluding hydrogens is 228 g/mol. The van der Waals surface area contributed by atoms with Crippen LogP contribution in [0.4, 0.5) is 0 Å². The fourth-order valence-corrected chi connectivity index (χ4v) is 2.09. The van der Waals surface area contributed by atoms with Gasteiger partial charge in [-0.25, -0.2) is 0 Å². The van der Waals surface area contributed by atoms with Gasteiger partial charge in [-0.15, -0.1) is 0 Å². The molecule has 3 heteroatoms. The highest BCUT2D eigenvalue weighted by atomic mass is 16.5. The summed E-state index contributed by atoms with van der Waals surface area (Å²) < 4.78 is 5.48. The van der Waals surface area contributed by atoms with Crippen molar-refractivity contribution in [1.82, 2.24) is 0 Å². The van der Waals surface area contributed by atoms with E-state index in [2.05, 4.69) is 20.8 Å². The maximum Gasteiger partial charge on any atom is 0.307 e. The van der Waals surface area contributed by atoms with Gasteiger partial charge in [0.05, 0.1) is 13.5 Å². The number of rotatable bonds is 5. The summed E-state index contributed by atoms with van der Waals surface area (Å²) in [6.07, 6.45) is 1.02. The second-order valence-electron chi connectivity index (χ2n) is 5.30. The Balaban J connectivity index is 3.36. The molecular formula is C15H22O3. The molecule has 1 rings (SSSR count). The zero-order valence-electron chi connectivity index (χ0n) is 11.8. The van der Waals surface area contributed by atoms with E-state index in [1.165, 1.54) is 0 Å². The summed E-state index contributed by atoms with van der Waals surface area (Å²) in [5.41, 5.74) is 2.89. The molecule has 0 unspecified atom stereocenters. The van der Waals surface area contributed by atoms with E-state index in [-0.39, 0.29) is 11.8 Å². The number of carboxylic acids is 1. The lowest BCUT2D eigenvalue weighted by atomic mass is 9.80. The molecule has 3 nitrogen and oxygen atoms in total. The fraction of sp³-hybridized carbons (Fsp3) is 0.533. The van der Waals surface area contributed by atoms with Crippen LogP contribution in [0.1, 0.15) is 43.9 Å². The maximum atomic E-state index is 10.8. The van der Waals surface area contributed by atoms with Crippen molar-refractivity contribution >= 4 is 5.97 Å². The Morgan fingerprint density at radius 3 is 2.44 bits per heavy atom. The highest BCUT2D eigenvalue weighted by Gasteiger charge is 2.24. The number of aliphatic carboxylic acids is 1. The SMILES string of the molecule is CCC(C)(C)c1cc(CC(=O)O)cc(C)c1OC. The van der Waals surface area contributed by atoms with Crippen molar-refractivity contribution in [3.05, 3.63) is 28.8 Å². The Morgan fingerprint density at radius 1 is 1.39 bits per heavy atom. The average Bonchev–Trinajstić information content (AvgIpc) is 2.27. The minimum atomic E-state index is -0.806. The third kappa shape index (κ3) is 3.03. The number of ether oxygens (including phenoxy) is 1. The lowest BCUT2D eigenvalue weighted by Gasteiger charge is -2.27. The van der Waals surface area contributed by atoms with Crippen molar-refractivity contribution in [3.8, 4) is 5.75 Å². The second kappa shape index (κ2) is 5.42. The zero-order valence-corrected chi connectivity index (χ0v) is 11.8. The number of methoxy groups -OCH3 is 1. The molecule has 0 heterocycles. The maximum absolute atomic E-state index is 10.8. The van der Waals surface area contributed by atoms with Gasteiger partial charge in [-0.05, 0) is 29.9 Å². The molecule has 0 spiro atoms. The van der Waals surface area contributed by atoms with Gasteiger partial charge in [0.25, 0.3) is 0 Å². The number of hydrogen-bond donors (Lipinski definition) is 1. The van der Waals surface area contributed by atoms with Crippen molar-refractivity contribution in [1.29, 1.82) is 0 Å². The molecule has 0 atom stereocenters. The normalized spacial score (nSPS) is 11.4. The van der Waals surface area contributed by atoms with Gasteiger partial charge in [-0.1, -0.05) is 32.9 Å². The molecule has 0 amide bonds. The van der Waals surface area contributed by atoms with Crippen LogP contribution in [0.2, 0.25) is 0 Å². The number of benzene rings is 1. The molecule has 0 aromatic heterocycles. The Labute approximate surface area is 109 Å². The molecule has 0 saturated carbocycles. The third-order valence-corrected chi connectivity index (χ3v) is 3.51. The van der Waals surface area contributed by atoms with Crippen LogP contribution < -0.4 is 4.74 Å². The molecule has 0 saturated heterocycles. The zero-order chi connectivity index (χ0) is 13.9. The van der Waals surface area contributed by atoms with E-state index in [1.54, 1.807) is 7.11 Å². The summed E-state index contributed by atoms with van der Waals surface area (Å²) in [5.74, 6) is 0.0656. The molecule has 1 N–H and O–H groups in total. The van der Waals surface area contributed by atoms with Crippen LogP contribution in [0.3, 0.4) is 0 Å². The van der Waals surface area contributed by atoms with Crippen molar-refractivity contribution in [2.45, 2.75) is 46.0 Å². The first-order chi connectivity index (χ1) is 8.31. The Bertz CT molecular complexity index is 447. The predicted octanol–water partition coefficient (Wildman–Crippen LogP) is 3.32. The summed E-state index contributed by atoms with van der Waals surface area (Å²) in [5, 5.41) is 8.90. The highest BCUT2D eigenvalue weighted by molar-refractivity contribution is 5.70. The fourth-order valence-electron chi connectivity index (χ4n) is 2.09. The van der Waals surface area contributed by atoms with Crippen LogP contribution in [0.5, 0.6) is 5.75 Å². The summed E-state index contributed by atoms with van der Waals surface area (Å²) in [4.78, 5) is 10.8. The molecule has 0 radical (unpaired) electrons. The van der Waals surface area contributed by atoms with Gasteiger partial charge >= 0.3 is 5.97 Å². The van der Waals surface area contributed by atoms with E-state index in [1.807, 2.05) is 19.1 Å². The number of hydrogen-bond acceptors (Lipinski definition) is 2. The molecule has 100 valence electrons. The molecule has 18 heavy (non-hydrogen) atoms. The molecule has 0 aliphatic carbocycles. The lowest BCUT2D eigenvalue weighted by molar-refractivity contribution is -0.136. The summed E-state index contributed by atoms with van der Waals surface area (Å²) in [7, 11) is 1.66. The largest absolute Gasteiger partial charge is 0.496 e. The Hall–Kier alpha value is -1.51. The minimum absolute atomic E-state index is 0.0232. The van der Waals surface area contributed by atoms with Gasteiger partial charge in [0.15, 0.2) is 0 Å². The first-order valence-corrected chi connectivity index (χ1v) is 6.21. The van der Waals surface area contributed by atoms with Crippen LogP contribution >= 0.6 is 0 Å². The van der Waals surface area contributed by atoms with Crippen LogP contribution in [0, 0.1) is 6.92 Å². The molecule has 0 aliphatic rings. The van der Waals surface area contributed by atoms with E-state index in [9.17, 15) is 4.79 Å². The quantitative estimate of drug-likeness (QED) is 0.872. The van der Waals surface area contributed by atoms with Crippen LogP contribution in [-0.4, -0.2) is 18.2 Å². The van der Waals surface area contributed by atoms with Crippen molar-refractivity contribution in [3.63, 3.8) is 0 Å². The standard InChI is InChI=1S/C15H22O3/c1-6-15(3,4)12-8-11(9-13(16)17)7-10(2)14(12)18-5/h7-8H,6,9H2,1-5H3,(H,16,17). The minimum Gasteiger partial charge on any atom is -0.496 e. The van der Waals surface area contributed by atoms with E-state index in [4.69, 9.17) is 9.84 Å². The van der Waals surface area contributed by atoms with Crippen LogP contribution in [0.25, 0.3) is 0 Å². The summed E-state index contributed by atoms with van der Waals surface area (Å²) >= 11 is 0. The topological polar surface area (TPSA) is 46.5 Å². The molecule has 0 bridgehead atoms. The first-order valence-electron chi connectivity index (χ1n) is 6.21. The van der Waals surface area contributed by atoms with Crippen molar-refractivity contribution < 1.29 is 14.6 Å². The van der Waals surface area contributed by atoms with Gasteiger partial charge in [0.2, 0.25) is 0 Å². The smallest absolute Gasteiger partial charge is 0.307 e. The summed E-state index contributed by atoms with van der Waals surface area (Å²) in [6, 6.07) is 3.85. The van der Waals surface area contributed by atoms with E-state index in [0.29, 0.717) is 0 Å². The van der Waals surface area contributed by atoms with Gasteiger partial charge in [-0.2, -0.15) is 0 Å². The van der Waals surface area contributed by atoms with Crippen molar-refractivity contribution in [2.75, 3.05) is 7.11 Å². The predicted molar refractivity (Wildman–Crippen MR) is 72.4 cm³/mol. The average molecular weight is 250 g/mol. The Kier molecular flexibility index (Phi) is 4.38. The van der Waals surface area contributed by atoms with E-state index in [0.717, 1.165) is 28.9 Å². The summed E-state index contributed by atoms with van der Waals surface area (Å²) in [6.45, 7) is 8.38. The Morgan fingerprint density at radius 2 is 2.00 bits per heavy atom. The van der Waals surface area contributed by atoms with Gasteiger partial charge < -0.3 is 9.84 Å². The number of carboxylic acid groups (broad SMARTS) is 1. The molecule has 1 aromatic rings. The monoisotopic (exact) mass is 250 g/mol. The van der Waals surface area contributed by atoms with E-state index >= 15 is 0 Å². The van der Waals surface area contributed by atoms with Gasteiger partial charge in [-0.3, -0.25) is 4.79 Å². The van der Waals surface area contributed by atoms with E-state index < -0.39 is 5.97 Å². The third-order valence-electron chi connectivity index (χ3n) is 3.51. The lowest BCUT2D eigenvalue weighted by Crippen LogP contribution is -2.18. The van der Waals surface area contributed by atoms with Crippen LogP contribution in [0.15, 0.2) is 12.1 Å². The first kappa shape index (κ1) is 14.6. The molecule has 0 aliphatic heterocycles. The molecule has 0 fully saturated rings. The number of carbonyl (C=O) groups is 1. The second-order valence-corrected chi connectivity index (χ2v) is 5.30. The van der Waals surface area contributed by atoms with Gasteiger partial charge in [0, 0.05) is 5.56 Å². The van der Waals surface area contributed by atoms with Crippen molar-refractivity contribution in [2.24, 2.45) is 0 Å². The highest BCUT2D eigenvalue weighted by Crippen LogP contribution is 2.37. The van der Waals surface area contributed by atoms with Crippen LogP contribution in [-0.2, 0) is 16.6 Å².